The molecular weight excluding hydrogens is 330 g/mol. The standard InChI is InChI=1S/C16H20BrN3O/c1-11-12(2)18-15(13-5-7-14(17)8-6-13)19-16(11)21-10-9-20(3)4/h5-8H,9-10H2,1-4H3. The number of hydrogen-bond donors (Lipinski definition) is 0. The summed E-state index contributed by atoms with van der Waals surface area (Å²) in [5.74, 6) is 1.37. The van der Waals surface area contributed by atoms with Crippen LogP contribution < -0.4 is 4.74 Å². The molecule has 2 aromatic rings. The maximum Gasteiger partial charge on any atom is 0.220 e. The average Bonchev–Trinajstić information content (AvgIpc) is 2.43. The van der Waals surface area contributed by atoms with Crippen molar-refractivity contribution in [2.45, 2.75) is 13.8 Å². The molecule has 4 nitrogen and oxygen atoms in total. The quantitative estimate of drug-likeness (QED) is 0.828. The van der Waals surface area contributed by atoms with Crippen molar-refractivity contribution >= 4 is 15.9 Å². The molecule has 112 valence electrons. The van der Waals surface area contributed by atoms with Crippen molar-refractivity contribution in [1.82, 2.24) is 14.9 Å². The normalized spacial score (nSPS) is 11.0. The molecule has 0 amide bonds. The average molecular weight is 350 g/mol. The summed E-state index contributed by atoms with van der Waals surface area (Å²) < 4.78 is 6.85. The van der Waals surface area contributed by atoms with Crippen LogP contribution in [0.5, 0.6) is 5.88 Å². The summed E-state index contributed by atoms with van der Waals surface area (Å²) in [6, 6.07) is 7.97. The van der Waals surface area contributed by atoms with E-state index in [9.17, 15) is 0 Å². The number of nitrogens with zero attached hydrogens (tertiary/aromatic N) is 3. The van der Waals surface area contributed by atoms with E-state index in [4.69, 9.17) is 4.74 Å². The molecule has 2 rings (SSSR count). The number of hydrogen-bond acceptors (Lipinski definition) is 4. The Morgan fingerprint density at radius 3 is 2.38 bits per heavy atom. The topological polar surface area (TPSA) is 38.3 Å². The SMILES string of the molecule is Cc1nc(-c2ccc(Br)cc2)nc(OCCN(C)C)c1C. The second kappa shape index (κ2) is 7.00. The fraction of sp³-hybridized carbons (Fsp3) is 0.375. The van der Waals surface area contributed by atoms with Crippen LogP contribution in [-0.4, -0.2) is 42.1 Å². The lowest BCUT2D eigenvalue weighted by Gasteiger charge is -2.14. The van der Waals surface area contributed by atoms with Gasteiger partial charge in [0.25, 0.3) is 0 Å². The van der Waals surface area contributed by atoms with E-state index >= 15 is 0 Å². The number of halogens is 1. The summed E-state index contributed by atoms with van der Waals surface area (Å²) in [6.07, 6.45) is 0. The molecule has 0 radical (unpaired) electrons. The third kappa shape index (κ3) is 4.25. The zero-order chi connectivity index (χ0) is 15.4. The van der Waals surface area contributed by atoms with Gasteiger partial charge in [-0.25, -0.2) is 4.98 Å². The van der Waals surface area contributed by atoms with Crippen molar-refractivity contribution < 1.29 is 4.74 Å². The van der Waals surface area contributed by atoms with Gasteiger partial charge in [-0.3, -0.25) is 0 Å². The third-order valence-electron chi connectivity index (χ3n) is 3.22. The van der Waals surface area contributed by atoms with Gasteiger partial charge in [-0.1, -0.05) is 28.1 Å². The highest BCUT2D eigenvalue weighted by atomic mass is 79.9. The Kier molecular flexibility index (Phi) is 5.31. The maximum absolute atomic E-state index is 5.81. The van der Waals surface area contributed by atoms with Gasteiger partial charge >= 0.3 is 0 Å². The van der Waals surface area contributed by atoms with E-state index in [1.54, 1.807) is 0 Å². The number of aromatic nitrogens is 2. The maximum atomic E-state index is 5.81. The molecule has 0 saturated heterocycles. The van der Waals surface area contributed by atoms with E-state index in [0.29, 0.717) is 18.3 Å². The highest BCUT2D eigenvalue weighted by Crippen LogP contribution is 2.24. The van der Waals surface area contributed by atoms with Crippen LogP contribution in [0.2, 0.25) is 0 Å². The van der Waals surface area contributed by atoms with Crippen molar-refractivity contribution in [2.24, 2.45) is 0 Å². The molecule has 0 atom stereocenters. The molecule has 1 aromatic carbocycles. The van der Waals surface area contributed by atoms with Crippen LogP contribution in [0.1, 0.15) is 11.3 Å². The van der Waals surface area contributed by atoms with Gasteiger partial charge in [0.2, 0.25) is 5.88 Å². The molecule has 0 aliphatic heterocycles. The van der Waals surface area contributed by atoms with Crippen molar-refractivity contribution in [3.05, 3.63) is 40.0 Å². The first-order valence-electron chi connectivity index (χ1n) is 6.86. The molecule has 0 spiro atoms. The third-order valence-corrected chi connectivity index (χ3v) is 3.75. The summed E-state index contributed by atoms with van der Waals surface area (Å²) in [5.41, 5.74) is 2.93. The Bertz CT molecular complexity index is 612. The number of aryl methyl sites for hydroxylation is 1. The highest BCUT2D eigenvalue weighted by Gasteiger charge is 2.11. The largest absolute Gasteiger partial charge is 0.476 e. The van der Waals surface area contributed by atoms with Crippen molar-refractivity contribution in [3.8, 4) is 17.3 Å². The Labute approximate surface area is 134 Å². The van der Waals surface area contributed by atoms with Crippen molar-refractivity contribution in [2.75, 3.05) is 27.2 Å². The molecule has 21 heavy (non-hydrogen) atoms. The molecule has 0 aliphatic rings. The first kappa shape index (κ1) is 15.9. The molecule has 0 saturated carbocycles. The van der Waals surface area contributed by atoms with E-state index in [0.717, 1.165) is 27.8 Å². The lowest BCUT2D eigenvalue weighted by atomic mass is 10.2. The van der Waals surface area contributed by atoms with Crippen LogP contribution in [-0.2, 0) is 0 Å². The van der Waals surface area contributed by atoms with Crippen LogP contribution in [0.25, 0.3) is 11.4 Å². The van der Waals surface area contributed by atoms with Crippen LogP contribution in [0, 0.1) is 13.8 Å². The summed E-state index contributed by atoms with van der Waals surface area (Å²) in [7, 11) is 4.05. The number of likely N-dealkylation sites (N-methyl/N-ethyl adjacent to an activating group) is 1. The fourth-order valence-corrected chi connectivity index (χ4v) is 2.06. The Balaban J connectivity index is 2.27. The number of rotatable bonds is 5. The van der Waals surface area contributed by atoms with Gasteiger partial charge in [0.1, 0.15) is 6.61 Å². The van der Waals surface area contributed by atoms with Crippen LogP contribution >= 0.6 is 15.9 Å². The first-order valence-corrected chi connectivity index (χ1v) is 7.65. The second-order valence-corrected chi connectivity index (χ2v) is 6.14. The van der Waals surface area contributed by atoms with Crippen molar-refractivity contribution in [3.63, 3.8) is 0 Å². The van der Waals surface area contributed by atoms with Crippen LogP contribution in [0.3, 0.4) is 0 Å². The monoisotopic (exact) mass is 349 g/mol. The molecule has 0 N–H and O–H groups in total. The Morgan fingerprint density at radius 1 is 1.10 bits per heavy atom. The van der Waals surface area contributed by atoms with Gasteiger partial charge in [0.15, 0.2) is 5.82 Å². The lowest BCUT2D eigenvalue weighted by molar-refractivity contribution is 0.252. The van der Waals surface area contributed by atoms with Gasteiger partial charge in [-0.2, -0.15) is 4.98 Å². The van der Waals surface area contributed by atoms with Gasteiger partial charge < -0.3 is 9.64 Å². The fourth-order valence-electron chi connectivity index (χ4n) is 1.80. The van der Waals surface area contributed by atoms with Gasteiger partial charge in [0, 0.05) is 27.8 Å². The Morgan fingerprint density at radius 2 is 1.76 bits per heavy atom. The summed E-state index contributed by atoms with van der Waals surface area (Å²) in [5, 5.41) is 0. The van der Waals surface area contributed by atoms with Gasteiger partial charge in [-0.15, -0.1) is 0 Å². The molecule has 1 heterocycles. The van der Waals surface area contributed by atoms with Gasteiger partial charge in [0.05, 0.1) is 0 Å². The highest BCUT2D eigenvalue weighted by molar-refractivity contribution is 9.10. The molecule has 1 aromatic heterocycles. The minimum absolute atomic E-state index is 0.615. The molecule has 5 heteroatoms. The van der Waals surface area contributed by atoms with Crippen LogP contribution in [0.15, 0.2) is 28.7 Å². The predicted octanol–water partition coefficient (Wildman–Crippen LogP) is 3.46. The molecular formula is C16H20BrN3O. The molecule has 0 aliphatic carbocycles. The van der Waals surface area contributed by atoms with E-state index < -0.39 is 0 Å². The van der Waals surface area contributed by atoms with E-state index in [1.807, 2.05) is 52.2 Å². The van der Waals surface area contributed by atoms with Gasteiger partial charge in [-0.05, 0) is 40.1 Å². The Hall–Kier alpha value is -1.46. The minimum atomic E-state index is 0.615. The van der Waals surface area contributed by atoms with E-state index in [1.165, 1.54) is 0 Å². The first-order chi connectivity index (χ1) is 9.97. The lowest BCUT2D eigenvalue weighted by Crippen LogP contribution is -2.20. The predicted molar refractivity (Wildman–Crippen MR) is 88.7 cm³/mol. The van der Waals surface area contributed by atoms with E-state index in [-0.39, 0.29) is 0 Å². The molecule has 0 bridgehead atoms. The summed E-state index contributed by atoms with van der Waals surface area (Å²) in [4.78, 5) is 11.2. The van der Waals surface area contributed by atoms with E-state index in [2.05, 4.69) is 30.8 Å². The number of benzene rings is 1. The van der Waals surface area contributed by atoms with Crippen molar-refractivity contribution in [1.29, 1.82) is 0 Å². The zero-order valence-electron chi connectivity index (χ0n) is 12.9. The molecule has 0 fully saturated rings. The molecule has 0 unspecified atom stereocenters. The second-order valence-electron chi connectivity index (χ2n) is 5.22. The minimum Gasteiger partial charge on any atom is -0.476 e. The summed E-state index contributed by atoms with van der Waals surface area (Å²) >= 11 is 3.44. The number of ether oxygens (including phenoxy) is 1. The zero-order valence-corrected chi connectivity index (χ0v) is 14.4. The summed E-state index contributed by atoms with van der Waals surface area (Å²) in [6.45, 7) is 5.45. The van der Waals surface area contributed by atoms with Crippen LogP contribution in [0.4, 0.5) is 0 Å². The smallest absolute Gasteiger partial charge is 0.220 e.